The Kier molecular flexibility index (Phi) is 5.35. The van der Waals surface area contributed by atoms with Crippen LogP contribution in [0, 0.1) is 6.92 Å². The molecule has 28 heavy (non-hydrogen) atoms. The topological polar surface area (TPSA) is 88.4 Å². The number of furan rings is 1. The highest BCUT2D eigenvalue weighted by Gasteiger charge is 2.29. The number of rotatable bonds is 2. The minimum Gasteiger partial charge on any atom is -0.455 e. The van der Waals surface area contributed by atoms with E-state index in [2.05, 4.69) is 10.9 Å². The van der Waals surface area contributed by atoms with E-state index in [0.717, 1.165) is 32.1 Å². The quantitative estimate of drug-likeness (QED) is 0.748. The Labute approximate surface area is 167 Å². The van der Waals surface area contributed by atoms with E-state index in [1.165, 1.54) is 34.6 Å². The van der Waals surface area contributed by atoms with Crippen molar-refractivity contribution >= 4 is 28.9 Å². The summed E-state index contributed by atoms with van der Waals surface area (Å²) in [5.41, 5.74) is 7.25. The molecule has 0 saturated carbocycles. The molecule has 4 rings (SSSR count). The third kappa shape index (κ3) is 3.63. The number of ketones is 1. The van der Waals surface area contributed by atoms with Crippen LogP contribution in [0.4, 0.5) is 0 Å². The van der Waals surface area contributed by atoms with E-state index in [1.54, 1.807) is 6.92 Å². The molecule has 0 atom stereocenters. The summed E-state index contributed by atoms with van der Waals surface area (Å²) < 4.78 is 5.62. The molecule has 2 heterocycles. The third-order valence-corrected chi connectivity index (χ3v) is 6.76. The van der Waals surface area contributed by atoms with Crippen LogP contribution >= 0.6 is 11.3 Å². The van der Waals surface area contributed by atoms with Crippen LogP contribution in [0.1, 0.15) is 90.9 Å². The fourth-order valence-electron chi connectivity index (χ4n) is 4.05. The lowest BCUT2D eigenvalue weighted by molar-refractivity contribution is 0.0831. The number of hydrogen-bond acceptors (Lipinski definition) is 5. The van der Waals surface area contributed by atoms with E-state index in [9.17, 15) is 14.4 Å². The minimum atomic E-state index is -0.539. The maximum atomic E-state index is 12.5. The Morgan fingerprint density at radius 2 is 1.71 bits per heavy atom. The van der Waals surface area contributed by atoms with Gasteiger partial charge in [0.05, 0.1) is 10.4 Å². The molecule has 0 spiro atoms. The number of Topliss-reactive ketones (excluding diaryl/α,β-unsaturated/α-hetero) is 1. The van der Waals surface area contributed by atoms with Crippen molar-refractivity contribution in [1.29, 1.82) is 0 Å². The van der Waals surface area contributed by atoms with Gasteiger partial charge in [0.15, 0.2) is 11.5 Å². The van der Waals surface area contributed by atoms with Crippen molar-refractivity contribution in [3.8, 4) is 0 Å². The SMILES string of the molecule is Cc1c(C(=O)NNC(=O)c2cc3c(s2)CCCCCC3)oc2c1C(=O)CCC2. The molecule has 6 nitrogen and oxygen atoms in total. The third-order valence-electron chi connectivity index (χ3n) is 5.52. The molecule has 148 valence electrons. The van der Waals surface area contributed by atoms with Gasteiger partial charge in [0, 0.05) is 23.3 Å². The van der Waals surface area contributed by atoms with Crippen molar-refractivity contribution in [3.05, 3.63) is 44.0 Å². The second-order valence-corrected chi connectivity index (χ2v) is 8.65. The Balaban J connectivity index is 1.43. The fraction of sp³-hybridized carbons (Fsp3) is 0.476. The van der Waals surface area contributed by atoms with Gasteiger partial charge in [0.1, 0.15) is 5.76 Å². The molecule has 0 aromatic carbocycles. The van der Waals surface area contributed by atoms with Gasteiger partial charge in [-0.3, -0.25) is 25.2 Å². The van der Waals surface area contributed by atoms with Crippen LogP contribution in [0.25, 0.3) is 0 Å². The Morgan fingerprint density at radius 3 is 2.50 bits per heavy atom. The molecule has 2 aliphatic rings. The number of hydrogen-bond donors (Lipinski definition) is 2. The van der Waals surface area contributed by atoms with Crippen LogP contribution < -0.4 is 10.9 Å². The van der Waals surface area contributed by atoms with Crippen LogP contribution in [0.15, 0.2) is 10.5 Å². The summed E-state index contributed by atoms with van der Waals surface area (Å²) in [5, 5.41) is 0. The van der Waals surface area contributed by atoms with Crippen molar-refractivity contribution in [2.24, 2.45) is 0 Å². The molecule has 2 amide bonds. The average molecular weight is 401 g/mol. The Hall–Kier alpha value is -2.41. The lowest BCUT2D eigenvalue weighted by Gasteiger charge is -2.07. The van der Waals surface area contributed by atoms with Crippen molar-refractivity contribution < 1.29 is 18.8 Å². The minimum absolute atomic E-state index is 0.0154. The molecule has 0 saturated heterocycles. The molecule has 0 radical (unpaired) electrons. The van der Waals surface area contributed by atoms with Crippen LogP contribution in [-0.4, -0.2) is 17.6 Å². The van der Waals surface area contributed by atoms with E-state index in [1.807, 2.05) is 6.07 Å². The molecule has 0 unspecified atom stereocenters. The second-order valence-electron chi connectivity index (χ2n) is 7.51. The first kappa shape index (κ1) is 18.9. The zero-order valence-corrected chi connectivity index (χ0v) is 16.8. The molecule has 7 heteroatoms. The molecular formula is C21H24N2O4S. The predicted octanol–water partition coefficient (Wildman–Crippen LogP) is 3.90. The molecular weight excluding hydrogens is 376 g/mol. The summed E-state index contributed by atoms with van der Waals surface area (Å²) in [6.45, 7) is 1.71. The molecule has 0 bridgehead atoms. The van der Waals surface area contributed by atoms with Crippen molar-refractivity contribution in [2.75, 3.05) is 0 Å². The highest BCUT2D eigenvalue weighted by atomic mass is 32.1. The van der Waals surface area contributed by atoms with E-state index >= 15 is 0 Å². The van der Waals surface area contributed by atoms with Gasteiger partial charge in [-0.25, -0.2) is 0 Å². The van der Waals surface area contributed by atoms with Crippen molar-refractivity contribution in [3.63, 3.8) is 0 Å². The number of nitrogens with one attached hydrogen (secondary N) is 2. The van der Waals surface area contributed by atoms with Crippen molar-refractivity contribution in [2.45, 2.75) is 64.7 Å². The maximum Gasteiger partial charge on any atom is 0.305 e. The van der Waals surface area contributed by atoms with Gasteiger partial charge in [0.25, 0.3) is 5.91 Å². The zero-order chi connectivity index (χ0) is 19.7. The lowest BCUT2D eigenvalue weighted by Crippen LogP contribution is -2.41. The fourth-order valence-corrected chi connectivity index (χ4v) is 5.20. The smallest absolute Gasteiger partial charge is 0.305 e. The number of carbonyl (C=O) groups excluding carboxylic acids is 3. The van der Waals surface area contributed by atoms with Gasteiger partial charge in [-0.1, -0.05) is 12.8 Å². The number of fused-ring (bicyclic) bond motifs is 2. The number of carbonyl (C=O) groups is 3. The van der Waals surface area contributed by atoms with Crippen LogP contribution in [0.5, 0.6) is 0 Å². The first-order chi connectivity index (χ1) is 13.5. The van der Waals surface area contributed by atoms with Gasteiger partial charge in [-0.2, -0.15) is 0 Å². The van der Waals surface area contributed by atoms with E-state index in [-0.39, 0.29) is 17.5 Å². The number of thiophene rings is 1. The zero-order valence-electron chi connectivity index (χ0n) is 16.0. The van der Waals surface area contributed by atoms with Gasteiger partial charge < -0.3 is 4.42 Å². The summed E-state index contributed by atoms with van der Waals surface area (Å²) in [4.78, 5) is 39.0. The first-order valence-electron chi connectivity index (χ1n) is 9.92. The Morgan fingerprint density at radius 1 is 0.964 bits per heavy atom. The van der Waals surface area contributed by atoms with Crippen LogP contribution in [0.3, 0.4) is 0 Å². The van der Waals surface area contributed by atoms with Crippen LogP contribution in [-0.2, 0) is 19.3 Å². The van der Waals surface area contributed by atoms with Crippen molar-refractivity contribution in [1.82, 2.24) is 10.9 Å². The Bertz CT molecular complexity index is 915. The molecule has 2 aliphatic carbocycles. The second kappa shape index (κ2) is 7.91. The monoisotopic (exact) mass is 400 g/mol. The molecule has 2 aromatic rings. The number of amides is 2. The maximum absolute atomic E-state index is 12.5. The molecule has 0 fully saturated rings. The average Bonchev–Trinajstić information content (AvgIpc) is 3.21. The number of aryl methyl sites for hydroxylation is 3. The van der Waals surface area contributed by atoms with Gasteiger partial charge >= 0.3 is 5.91 Å². The lowest BCUT2D eigenvalue weighted by atomic mass is 9.94. The molecule has 2 aromatic heterocycles. The summed E-state index contributed by atoms with van der Waals surface area (Å²) in [6.07, 6.45) is 8.69. The van der Waals surface area contributed by atoms with Gasteiger partial charge in [-0.05, 0) is 50.7 Å². The first-order valence-corrected chi connectivity index (χ1v) is 10.7. The summed E-state index contributed by atoms with van der Waals surface area (Å²) in [6, 6.07) is 1.95. The van der Waals surface area contributed by atoms with E-state index < -0.39 is 5.91 Å². The highest BCUT2D eigenvalue weighted by molar-refractivity contribution is 7.14. The van der Waals surface area contributed by atoms with Gasteiger partial charge in [-0.15, -0.1) is 11.3 Å². The van der Waals surface area contributed by atoms with Gasteiger partial charge in [0.2, 0.25) is 0 Å². The van der Waals surface area contributed by atoms with E-state index in [4.69, 9.17) is 4.42 Å². The molecule has 0 aliphatic heterocycles. The predicted molar refractivity (Wildman–Crippen MR) is 106 cm³/mol. The largest absolute Gasteiger partial charge is 0.455 e. The normalized spacial score (nSPS) is 16.5. The highest BCUT2D eigenvalue weighted by Crippen LogP contribution is 2.30. The summed E-state index contributed by atoms with van der Waals surface area (Å²) in [5.74, 6) is -0.179. The summed E-state index contributed by atoms with van der Waals surface area (Å²) in [7, 11) is 0. The standard InChI is InChI=1S/C21H24N2O4S/c1-12-18-14(24)8-6-9-15(18)27-19(12)21(26)23-22-20(25)17-11-13-7-4-2-3-5-10-16(13)28-17/h11H,2-10H2,1H3,(H,22,25)(H,23,26). The molecule has 2 N–H and O–H groups in total. The van der Waals surface area contributed by atoms with Crippen LogP contribution in [0.2, 0.25) is 0 Å². The number of hydrazine groups is 1. The van der Waals surface area contributed by atoms with E-state index in [0.29, 0.717) is 34.6 Å². The summed E-state index contributed by atoms with van der Waals surface area (Å²) >= 11 is 1.51.